The number of benzene rings is 2. The van der Waals surface area contributed by atoms with Gasteiger partial charge in [0.1, 0.15) is 5.82 Å². The van der Waals surface area contributed by atoms with Crippen LogP contribution in [0.3, 0.4) is 0 Å². The monoisotopic (exact) mass is 477 g/mol. The molecule has 2 aromatic carbocycles. The Morgan fingerprint density at radius 1 is 1.15 bits per heavy atom. The van der Waals surface area contributed by atoms with Gasteiger partial charge in [-0.05, 0) is 56.6 Å². The van der Waals surface area contributed by atoms with E-state index in [1.54, 1.807) is 24.3 Å². The second-order valence-corrected chi connectivity index (χ2v) is 8.01. The van der Waals surface area contributed by atoms with Gasteiger partial charge in [0, 0.05) is 35.7 Å². The van der Waals surface area contributed by atoms with E-state index >= 15 is 0 Å². The van der Waals surface area contributed by atoms with Gasteiger partial charge >= 0.3 is 6.09 Å². The highest BCUT2D eigenvalue weighted by Crippen LogP contribution is 2.34. The first-order valence-electron chi connectivity index (χ1n) is 10.8. The summed E-state index contributed by atoms with van der Waals surface area (Å²) in [6.45, 7) is 3.26. The highest BCUT2D eigenvalue weighted by atomic mass is 35.5. The topological polar surface area (TPSA) is 86.1 Å². The Kier molecular flexibility index (Phi) is 7.20. The van der Waals surface area contributed by atoms with Crippen LogP contribution >= 0.6 is 12.4 Å². The molecule has 1 amide bonds. The molecule has 0 unspecified atom stereocenters. The minimum atomic E-state index is -0.489. The van der Waals surface area contributed by atoms with Gasteiger partial charge in [-0.1, -0.05) is 5.16 Å². The van der Waals surface area contributed by atoms with E-state index in [4.69, 9.17) is 18.7 Å². The van der Waals surface area contributed by atoms with Gasteiger partial charge in [0.15, 0.2) is 17.1 Å². The quantitative estimate of drug-likeness (QED) is 0.503. The van der Waals surface area contributed by atoms with Crippen molar-refractivity contribution in [1.29, 1.82) is 0 Å². The highest BCUT2D eigenvalue weighted by molar-refractivity contribution is 5.85. The Morgan fingerprint density at radius 3 is 2.82 bits per heavy atom. The maximum absolute atomic E-state index is 13.4. The smallest absolute Gasteiger partial charge is 0.411 e. The van der Waals surface area contributed by atoms with Crippen LogP contribution in [0.15, 0.2) is 40.9 Å². The van der Waals surface area contributed by atoms with Crippen LogP contribution in [0.4, 0.5) is 14.9 Å². The molecule has 2 aliphatic heterocycles. The zero-order valence-electron chi connectivity index (χ0n) is 17.9. The van der Waals surface area contributed by atoms with Gasteiger partial charge in [-0.25, -0.2) is 9.18 Å². The molecule has 1 saturated heterocycles. The lowest BCUT2D eigenvalue weighted by atomic mass is 9.91. The first-order valence-corrected chi connectivity index (χ1v) is 10.8. The van der Waals surface area contributed by atoms with Gasteiger partial charge in [-0.3, -0.25) is 5.32 Å². The average Bonchev–Trinajstić information content (AvgIpc) is 3.43. The fourth-order valence-corrected chi connectivity index (χ4v) is 4.24. The second kappa shape index (κ2) is 10.3. The number of ether oxygens (including phenoxy) is 3. The van der Waals surface area contributed by atoms with Crippen molar-refractivity contribution in [2.24, 2.45) is 0 Å². The second-order valence-electron chi connectivity index (χ2n) is 8.01. The Labute approximate surface area is 196 Å². The van der Waals surface area contributed by atoms with Gasteiger partial charge in [-0.15, -0.1) is 12.4 Å². The minimum absolute atomic E-state index is 0. The molecule has 0 aliphatic carbocycles. The van der Waals surface area contributed by atoms with Gasteiger partial charge in [0.2, 0.25) is 6.79 Å². The fourth-order valence-electron chi connectivity index (χ4n) is 4.24. The molecule has 33 heavy (non-hydrogen) atoms. The molecule has 5 rings (SSSR count). The molecule has 176 valence electrons. The average molecular weight is 478 g/mol. The number of likely N-dealkylation sites (tertiary alicyclic amines) is 1. The summed E-state index contributed by atoms with van der Waals surface area (Å²) in [5, 5.41) is 7.79. The Hall–Kier alpha value is -3.04. The lowest BCUT2D eigenvalue weighted by Crippen LogP contribution is -2.34. The van der Waals surface area contributed by atoms with E-state index in [1.807, 2.05) is 0 Å². The van der Waals surface area contributed by atoms with Gasteiger partial charge in [-0.2, -0.15) is 0 Å². The number of halogens is 2. The first-order chi connectivity index (χ1) is 15.7. The number of carbonyl (C=O) groups is 1. The number of hydrogen-bond donors (Lipinski definition) is 1. The van der Waals surface area contributed by atoms with E-state index < -0.39 is 6.09 Å². The minimum Gasteiger partial charge on any atom is -0.454 e. The number of carbonyl (C=O) groups excluding carboxylic acids is 1. The molecule has 0 radical (unpaired) electrons. The van der Waals surface area contributed by atoms with Crippen LogP contribution in [-0.4, -0.2) is 49.2 Å². The number of nitrogens with one attached hydrogen (secondary N) is 1. The van der Waals surface area contributed by atoms with Gasteiger partial charge in [0.25, 0.3) is 0 Å². The number of anilines is 1. The summed E-state index contributed by atoms with van der Waals surface area (Å²) in [5.74, 6) is 1.26. The molecule has 0 atom stereocenters. The first kappa shape index (κ1) is 23.1. The molecular weight excluding hydrogens is 453 g/mol. The van der Waals surface area contributed by atoms with Crippen LogP contribution in [0, 0.1) is 5.82 Å². The van der Waals surface area contributed by atoms with E-state index in [-0.39, 0.29) is 25.0 Å². The molecule has 10 heteroatoms. The van der Waals surface area contributed by atoms with Crippen molar-refractivity contribution in [3.05, 3.63) is 47.9 Å². The van der Waals surface area contributed by atoms with E-state index in [0.29, 0.717) is 35.3 Å². The van der Waals surface area contributed by atoms with Crippen LogP contribution in [0.25, 0.3) is 11.0 Å². The number of hydrogen-bond acceptors (Lipinski definition) is 7. The molecule has 2 aliphatic rings. The summed E-state index contributed by atoms with van der Waals surface area (Å²) in [5.41, 5.74) is 2.02. The molecular formula is C23H25ClFN3O5. The largest absolute Gasteiger partial charge is 0.454 e. The van der Waals surface area contributed by atoms with Gasteiger partial charge < -0.3 is 23.6 Å². The number of fused-ring (bicyclic) bond motifs is 2. The van der Waals surface area contributed by atoms with Crippen molar-refractivity contribution >= 4 is 35.2 Å². The van der Waals surface area contributed by atoms with E-state index in [1.165, 1.54) is 12.1 Å². The summed E-state index contributed by atoms with van der Waals surface area (Å²) in [7, 11) is 0. The maximum atomic E-state index is 13.4. The summed E-state index contributed by atoms with van der Waals surface area (Å²) < 4.78 is 34.5. The fraction of sp³-hybridized carbons (Fsp3) is 0.391. The number of aromatic nitrogens is 1. The maximum Gasteiger partial charge on any atom is 0.411 e. The normalized spacial score (nSPS) is 15.9. The molecule has 0 spiro atoms. The van der Waals surface area contributed by atoms with Crippen LogP contribution in [0.2, 0.25) is 0 Å². The summed E-state index contributed by atoms with van der Waals surface area (Å²) in [4.78, 5) is 14.4. The molecule has 0 bridgehead atoms. The van der Waals surface area contributed by atoms with E-state index in [2.05, 4.69) is 15.4 Å². The number of nitrogens with zero attached hydrogens (tertiary/aromatic N) is 2. The van der Waals surface area contributed by atoms with Crippen molar-refractivity contribution < 1.29 is 27.9 Å². The Morgan fingerprint density at radius 2 is 1.97 bits per heavy atom. The lowest BCUT2D eigenvalue weighted by Gasteiger charge is -2.31. The van der Waals surface area contributed by atoms with E-state index in [9.17, 15) is 9.18 Å². The number of amides is 1. The van der Waals surface area contributed by atoms with Crippen molar-refractivity contribution in [2.45, 2.75) is 25.2 Å². The van der Waals surface area contributed by atoms with Crippen molar-refractivity contribution in [3.8, 4) is 11.5 Å². The lowest BCUT2D eigenvalue weighted by molar-refractivity contribution is 0.145. The molecule has 3 aromatic rings. The zero-order valence-corrected chi connectivity index (χ0v) is 18.7. The van der Waals surface area contributed by atoms with E-state index in [0.717, 1.165) is 50.0 Å². The van der Waals surface area contributed by atoms with Crippen LogP contribution < -0.4 is 14.8 Å². The van der Waals surface area contributed by atoms with Crippen molar-refractivity contribution in [3.63, 3.8) is 0 Å². The molecule has 1 N–H and O–H groups in total. The predicted molar refractivity (Wildman–Crippen MR) is 122 cm³/mol. The number of piperidine rings is 1. The van der Waals surface area contributed by atoms with Crippen LogP contribution in [0.5, 0.6) is 11.5 Å². The standard InChI is InChI=1S/C23H24FN3O5.ClH/c24-16-2-4-18-20(12-16)32-26-22(18)15-6-9-27(10-7-15)8-1-11-29-23(28)25-17-3-5-19-21(13-17)31-14-30-19;/h2-5,12-13,15H,1,6-11,14H2,(H,25,28);1H. The van der Waals surface area contributed by atoms with Crippen LogP contribution in [-0.2, 0) is 4.74 Å². The third-order valence-corrected chi connectivity index (χ3v) is 5.91. The van der Waals surface area contributed by atoms with Crippen molar-refractivity contribution in [1.82, 2.24) is 10.1 Å². The molecule has 3 heterocycles. The molecule has 1 fully saturated rings. The summed E-state index contributed by atoms with van der Waals surface area (Å²) in [6.07, 6.45) is 2.19. The predicted octanol–water partition coefficient (Wildman–Crippen LogP) is 4.94. The highest BCUT2D eigenvalue weighted by Gasteiger charge is 2.25. The third kappa shape index (κ3) is 5.31. The van der Waals surface area contributed by atoms with Crippen molar-refractivity contribution in [2.75, 3.05) is 38.4 Å². The van der Waals surface area contributed by atoms with Gasteiger partial charge in [0.05, 0.1) is 12.3 Å². The zero-order chi connectivity index (χ0) is 21.9. The SMILES string of the molecule is Cl.O=C(Nc1ccc2c(c1)OCO2)OCCCN1CCC(c2noc3cc(F)ccc23)CC1. The Balaban J connectivity index is 0.00000259. The molecule has 8 nitrogen and oxygen atoms in total. The molecule has 1 aromatic heterocycles. The number of rotatable bonds is 6. The molecule has 0 saturated carbocycles. The Bertz CT molecular complexity index is 1120. The third-order valence-electron chi connectivity index (χ3n) is 5.91. The summed E-state index contributed by atoms with van der Waals surface area (Å²) >= 11 is 0. The summed E-state index contributed by atoms with van der Waals surface area (Å²) in [6, 6.07) is 9.77. The van der Waals surface area contributed by atoms with Crippen LogP contribution in [0.1, 0.15) is 30.9 Å².